The second kappa shape index (κ2) is 6.30. The summed E-state index contributed by atoms with van der Waals surface area (Å²) < 4.78 is 1.42. The summed E-state index contributed by atoms with van der Waals surface area (Å²) in [5, 5.41) is 14.7. The number of amides is 1. The molecule has 2 aromatic heterocycles. The van der Waals surface area contributed by atoms with Gasteiger partial charge in [0.15, 0.2) is 0 Å². The summed E-state index contributed by atoms with van der Waals surface area (Å²) in [6.45, 7) is 1.07. The molecule has 0 bridgehead atoms. The molecular formula is C15H17N7O. The van der Waals surface area contributed by atoms with Gasteiger partial charge in [-0.05, 0) is 18.2 Å². The van der Waals surface area contributed by atoms with Crippen LogP contribution in [-0.4, -0.2) is 44.5 Å². The molecule has 2 aromatic rings. The molecule has 8 nitrogen and oxygen atoms in total. The molecular weight excluding hydrogens is 294 g/mol. The molecule has 23 heavy (non-hydrogen) atoms. The van der Waals surface area contributed by atoms with Crippen molar-refractivity contribution in [3.63, 3.8) is 0 Å². The van der Waals surface area contributed by atoms with E-state index in [1.165, 1.54) is 10.8 Å². The molecule has 1 aliphatic rings. The Morgan fingerprint density at radius 2 is 2.09 bits per heavy atom. The summed E-state index contributed by atoms with van der Waals surface area (Å²) in [5.74, 6) is 0.479. The number of carbonyl (C=O) groups is 1. The van der Waals surface area contributed by atoms with Crippen molar-refractivity contribution in [1.82, 2.24) is 19.7 Å². The molecule has 3 heterocycles. The van der Waals surface area contributed by atoms with E-state index >= 15 is 0 Å². The Bertz CT molecular complexity index is 718. The van der Waals surface area contributed by atoms with Crippen molar-refractivity contribution in [2.45, 2.75) is 0 Å². The Hall–Kier alpha value is -3.16. The number of hydrogen-bond donors (Lipinski definition) is 3. The van der Waals surface area contributed by atoms with Crippen molar-refractivity contribution in [1.29, 1.82) is 5.41 Å². The predicted molar refractivity (Wildman–Crippen MR) is 85.6 cm³/mol. The number of nitrogens with two attached hydrogens (primary N) is 1. The fraction of sp³-hybridized carbons (Fsp3) is 0.200. The first-order valence-electron chi connectivity index (χ1n) is 7.15. The lowest BCUT2D eigenvalue weighted by molar-refractivity contribution is -0.124. The highest BCUT2D eigenvalue weighted by Crippen LogP contribution is 2.20. The smallest absolute Gasteiger partial charge is 0.231 e. The average molecular weight is 311 g/mol. The van der Waals surface area contributed by atoms with E-state index in [0.29, 0.717) is 18.9 Å². The molecule has 1 amide bonds. The molecule has 0 atom stereocenters. The highest BCUT2D eigenvalue weighted by molar-refractivity contribution is 5.94. The first kappa shape index (κ1) is 14.8. The van der Waals surface area contributed by atoms with E-state index in [4.69, 9.17) is 11.1 Å². The van der Waals surface area contributed by atoms with Crippen LogP contribution in [0.3, 0.4) is 0 Å². The molecule has 0 unspecified atom stereocenters. The molecule has 1 saturated heterocycles. The van der Waals surface area contributed by atoms with E-state index in [2.05, 4.69) is 15.4 Å². The third-order valence-electron chi connectivity index (χ3n) is 3.60. The maximum atomic E-state index is 12.1. The van der Waals surface area contributed by atoms with Crippen LogP contribution in [0, 0.1) is 11.3 Å². The van der Waals surface area contributed by atoms with Gasteiger partial charge in [0.1, 0.15) is 11.7 Å². The van der Waals surface area contributed by atoms with Gasteiger partial charge >= 0.3 is 0 Å². The highest BCUT2D eigenvalue weighted by atomic mass is 16.2. The third-order valence-corrected chi connectivity index (χ3v) is 3.60. The SMILES string of the molecule is N=C(/C=C(\N)N1CC(C(=O)Nc2ccncc2)C1)n1cccn1. The van der Waals surface area contributed by atoms with Crippen molar-refractivity contribution < 1.29 is 4.79 Å². The Balaban J connectivity index is 1.52. The monoisotopic (exact) mass is 311 g/mol. The molecule has 0 aliphatic carbocycles. The van der Waals surface area contributed by atoms with Crippen LogP contribution in [0.2, 0.25) is 0 Å². The predicted octanol–water partition coefficient (Wildman–Crippen LogP) is 0.474. The molecule has 8 heteroatoms. The van der Waals surface area contributed by atoms with E-state index in [9.17, 15) is 4.79 Å². The summed E-state index contributed by atoms with van der Waals surface area (Å²) in [6, 6.07) is 5.23. The molecule has 0 aromatic carbocycles. The van der Waals surface area contributed by atoms with Crippen molar-refractivity contribution >= 4 is 17.4 Å². The Labute approximate surface area is 133 Å². The minimum atomic E-state index is -0.117. The number of anilines is 1. The zero-order valence-electron chi connectivity index (χ0n) is 12.4. The lowest BCUT2D eigenvalue weighted by atomic mass is 9.99. The number of nitrogens with one attached hydrogen (secondary N) is 2. The summed E-state index contributed by atoms with van der Waals surface area (Å²) in [4.78, 5) is 17.9. The minimum absolute atomic E-state index is 0.0394. The van der Waals surface area contributed by atoms with E-state index in [0.717, 1.165) is 5.69 Å². The maximum Gasteiger partial charge on any atom is 0.231 e. The first-order chi connectivity index (χ1) is 11.1. The maximum absolute atomic E-state index is 12.1. The molecule has 3 rings (SSSR count). The average Bonchev–Trinajstić information content (AvgIpc) is 3.00. The molecule has 118 valence electrons. The van der Waals surface area contributed by atoms with Gasteiger partial charge in [0.2, 0.25) is 5.91 Å². The number of allylic oxidation sites excluding steroid dienone is 1. The van der Waals surface area contributed by atoms with Gasteiger partial charge in [-0.25, -0.2) is 4.68 Å². The van der Waals surface area contributed by atoms with Crippen LogP contribution in [0.4, 0.5) is 5.69 Å². The van der Waals surface area contributed by atoms with E-state index in [-0.39, 0.29) is 17.7 Å². The Morgan fingerprint density at radius 1 is 1.35 bits per heavy atom. The number of aromatic nitrogens is 3. The van der Waals surface area contributed by atoms with Crippen molar-refractivity contribution in [2.75, 3.05) is 18.4 Å². The normalized spacial score (nSPS) is 15.1. The van der Waals surface area contributed by atoms with Crippen LogP contribution >= 0.6 is 0 Å². The zero-order chi connectivity index (χ0) is 16.2. The number of carbonyl (C=O) groups excluding carboxylic acids is 1. The van der Waals surface area contributed by atoms with Crippen molar-refractivity contribution in [3.8, 4) is 0 Å². The van der Waals surface area contributed by atoms with Crippen molar-refractivity contribution in [3.05, 3.63) is 54.9 Å². The van der Waals surface area contributed by atoms with Crippen LogP contribution in [0.15, 0.2) is 54.9 Å². The fourth-order valence-electron chi connectivity index (χ4n) is 2.24. The van der Waals surface area contributed by atoms with Crippen LogP contribution in [-0.2, 0) is 4.79 Å². The standard InChI is InChI=1S/C15H17N7O/c16-13(8-14(17)22-7-1-4-19-22)21-9-11(10-21)15(23)20-12-2-5-18-6-3-12/h1-8,11,17H,9-10,16H2,(H,18,20,23)/b13-8+,17-14?. The lowest BCUT2D eigenvalue weighted by Crippen LogP contribution is -2.52. The molecule has 0 saturated carbocycles. The van der Waals surface area contributed by atoms with Crippen LogP contribution in [0.25, 0.3) is 0 Å². The van der Waals surface area contributed by atoms with Gasteiger partial charge < -0.3 is 16.0 Å². The van der Waals surface area contributed by atoms with Crippen LogP contribution < -0.4 is 11.1 Å². The molecule has 0 radical (unpaired) electrons. The zero-order valence-corrected chi connectivity index (χ0v) is 12.4. The summed E-state index contributed by atoms with van der Waals surface area (Å²) in [5.41, 5.74) is 6.70. The minimum Gasteiger partial charge on any atom is -0.385 e. The van der Waals surface area contributed by atoms with E-state index in [1.807, 2.05) is 4.90 Å². The molecule has 1 fully saturated rings. The van der Waals surface area contributed by atoms with E-state index in [1.54, 1.807) is 43.0 Å². The van der Waals surface area contributed by atoms with Gasteiger partial charge in [0.25, 0.3) is 0 Å². The fourth-order valence-corrected chi connectivity index (χ4v) is 2.24. The lowest BCUT2D eigenvalue weighted by Gasteiger charge is -2.39. The quantitative estimate of drug-likeness (QED) is 0.561. The van der Waals surface area contributed by atoms with Gasteiger partial charge in [0, 0.05) is 49.6 Å². The Kier molecular flexibility index (Phi) is 4.05. The first-order valence-corrected chi connectivity index (χ1v) is 7.15. The molecule has 4 N–H and O–H groups in total. The summed E-state index contributed by atoms with van der Waals surface area (Å²) in [7, 11) is 0. The van der Waals surface area contributed by atoms with Crippen molar-refractivity contribution in [2.24, 2.45) is 11.7 Å². The second-order valence-electron chi connectivity index (χ2n) is 5.23. The number of pyridine rings is 1. The van der Waals surface area contributed by atoms with Gasteiger partial charge in [-0.15, -0.1) is 0 Å². The number of hydrogen-bond acceptors (Lipinski definition) is 6. The number of nitrogens with zero attached hydrogens (tertiary/aromatic N) is 4. The molecule has 1 aliphatic heterocycles. The molecule has 0 spiro atoms. The highest BCUT2D eigenvalue weighted by Gasteiger charge is 2.33. The number of likely N-dealkylation sites (tertiary alicyclic amines) is 1. The number of rotatable bonds is 4. The van der Waals surface area contributed by atoms with Gasteiger partial charge in [-0.3, -0.25) is 15.2 Å². The summed E-state index contributed by atoms with van der Waals surface area (Å²) >= 11 is 0. The van der Waals surface area contributed by atoms with Crippen LogP contribution in [0.1, 0.15) is 0 Å². The van der Waals surface area contributed by atoms with Gasteiger partial charge in [0.05, 0.1) is 5.92 Å². The van der Waals surface area contributed by atoms with E-state index < -0.39 is 0 Å². The Morgan fingerprint density at radius 3 is 2.74 bits per heavy atom. The second-order valence-corrected chi connectivity index (χ2v) is 5.23. The third kappa shape index (κ3) is 3.37. The van der Waals surface area contributed by atoms with Crippen LogP contribution in [0.5, 0.6) is 0 Å². The summed E-state index contributed by atoms with van der Waals surface area (Å²) in [6.07, 6.45) is 8.06. The van der Waals surface area contributed by atoms with Gasteiger partial charge in [-0.1, -0.05) is 0 Å². The largest absolute Gasteiger partial charge is 0.385 e. The van der Waals surface area contributed by atoms with Gasteiger partial charge in [-0.2, -0.15) is 5.10 Å². The topological polar surface area (TPSA) is 113 Å².